The standard InChI is InChI=1S/C21H22N2O4/c1-15-5-11-19(12-6-15)26-13-3-4-20(24)27-16(2)21(25)23-18-9-7-17(14-22)8-10-18/h5-12,16H,3-4,13H2,1-2H3,(H,23,25)/t16-/m1/s1. The molecule has 0 saturated carbocycles. The van der Waals surface area contributed by atoms with Crippen molar-refractivity contribution >= 4 is 17.6 Å². The van der Waals surface area contributed by atoms with Gasteiger partial charge in [0, 0.05) is 12.1 Å². The normalized spacial score (nSPS) is 11.1. The Morgan fingerprint density at radius 2 is 1.78 bits per heavy atom. The van der Waals surface area contributed by atoms with Crippen LogP contribution in [0.4, 0.5) is 5.69 Å². The van der Waals surface area contributed by atoms with Gasteiger partial charge in [-0.25, -0.2) is 0 Å². The van der Waals surface area contributed by atoms with Gasteiger partial charge in [-0.1, -0.05) is 17.7 Å². The Bertz CT molecular complexity index is 808. The fourth-order valence-corrected chi connectivity index (χ4v) is 2.22. The second-order valence-corrected chi connectivity index (χ2v) is 6.08. The van der Waals surface area contributed by atoms with E-state index in [2.05, 4.69) is 5.32 Å². The number of nitriles is 1. The number of nitrogens with one attached hydrogen (secondary N) is 1. The quantitative estimate of drug-likeness (QED) is 0.570. The van der Waals surface area contributed by atoms with Crippen LogP contribution >= 0.6 is 0 Å². The third kappa shape index (κ3) is 6.83. The fraction of sp³-hybridized carbons (Fsp3) is 0.286. The molecule has 0 unspecified atom stereocenters. The van der Waals surface area contributed by atoms with Crippen LogP contribution in [0.15, 0.2) is 48.5 Å². The molecule has 0 spiro atoms. The van der Waals surface area contributed by atoms with E-state index in [1.54, 1.807) is 24.3 Å². The van der Waals surface area contributed by atoms with Crippen LogP contribution in [-0.4, -0.2) is 24.6 Å². The van der Waals surface area contributed by atoms with E-state index in [0.29, 0.717) is 24.3 Å². The summed E-state index contributed by atoms with van der Waals surface area (Å²) in [5, 5.41) is 11.4. The summed E-state index contributed by atoms with van der Waals surface area (Å²) in [5.74, 6) is -0.127. The molecule has 0 heterocycles. The number of amides is 1. The van der Waals surface area contributed by atoms with E-state index < -0.39 is 18.0 Å². The molecule has 0 saturated heterocycles. The summed E-state index contributed by atoms with van der Waals surface area (Å²) in [6.45, 7) is 3.90. The number of carbonyl (C=O) groups is 2. The zero-order chi connectivity index (χ0) is 19.6. The molecule has 1 atom stereocenters. The molecule has 0 aliphatic heterocycles. The number of ether oxygens (including phenoxy) is 2. The molecule has 0 aliphatic carbocycles. The molecule has 1 amide bonds. The number of aryl methyl sites for hydroxylation is 1. The highest BCUT2D eigenvalue weighted by molar-refractivity contribution is 5.95. The summed E-state index contributed by atoms with van der Waals surface area (Å²) in [5.41, 5.74) is 2.19. The Kier molecular flexibility index (Phi) is 7.38. The molecule has 1 N–H and O–H groups in total. The Hall–Kier alpha value is -3.33. The fourth-order valence-electron chi connectivity index (χ4n) is 2.22. The van der Waals surface area contributed by atoms with Crippen molar-refractivity contribution in [1.29, 1.82) is 5.26 Å². The molecule has 140 valence electrons. The zero-order valence-corrected chi connectivity index (χ0v) is 15.4. The van der Waals surface area contributed by atoms with Gasteiger partial charge in [-0.2, -0.15) is 5.26 Å². The van der Waals surface area contributed by atoms with Crippen molar-refractivity contribution in [3.05, 3.63) is 59.7 Å². The highest BCUT2D eigenvalue weighted by atomic mass is 16.5. The third-order valence-electron chi connectivity index (χ3n) is 3.77. The number of benzene rings is 2. The summed E-state index contributed by atoms with van der Waals surface area (Å²) < 4.78 is 10.7. The third-order valence-corrected chi connectivity index (χ3v) is 3.77. The topological polar surface area (TPSA) is 88.4 Å². The molecule has 2 aromatic carbocycles. The molecule has 0 bridgehead atoms. The summed E-state index contributed by atoms with van der Waals surface area (Å²) in [6, 6.07) is 16.1. The van der Waals surface area contributed by atoms with E-state index >= 15 is 0 Å². The first-order valence-electron chi connectivity index (χ1n) is 8.68. The first-order chi connectivity index (χ1) is 13.0. The van der Waals surface area contributed by atoms with Crippen LogP contribution in [0, 0.1) is 18.3 Å². The summed E-state index contributed by atoms with van der Waals surface area (Å²) in [7, 11) is 0. The molecule has 0 radical (unpaired) electrons. The lowest BCUT2D eigenvalue weighted by Crippen LogP contribution is -2.30. The Balaban J connectivity index is 1.68. The van der Waals surface area contributed by atoms with Crippen LogP contribution in [0.25, 0.3) is 0 Å². The van der Waals surface area contributed by atoms with Crippen molar-refractivity contribution in [3.63, 3.8) is 0 Å². The van der Waals surface area contributed by atoms with E-state index in [9.17, 15) is 9.59 Å². The zero-order valence-electron chi connectivity index (χ0n) is 15.4. The van der Waals surface area contributed by atoms with Crippen LogP contribution in [0.2, 0.25) is 0 Å². The maximum atomic E-state index is 12.1. The number of anilines is 1. The average molecular weight is 366 g/mol. The number of nitrogens with zero attached hydrogens (tertiary/aromatic N) is 1. The van der Waals surface area contributed by atoms with Gasteiger partial charge in [0.25, 0.3) is 5.91 Å². The SMILES string of the molecule is Cc1ccc(OCCCC(=O)O[C@H](C)C(=O)Nc2ccc(C#N)cc2)cc1. The van der Waals surface area contributed by atoms with E-state index in [0.717, 1.165) is 11.3 Å². The van der Waals surface area contributed by atoms with Gasteiger partial charge < -0.3 is 14.8 Å². The highest BCUT2D eigenvalue weighted by Gasteiger charge is 2.17. The molecule has 6 nitrogen and oxygen atoms in total. The van der Waals surface area contributed by atoms with Gasteiger partial charge in [-0.3, -0.25) is 9.59 Å². The number of carbonyl (C=O) groups excluding carboxylic acids is 2. The molecule has 0 aromatic heterocycles. The van der Waals surface area contributed by atoms with Crippen LogP contribution in [0.5, 0.6) is 5.75 Å². The van der Waals surface area contributed by atoms with Crippen molar-refractivity contribution < 1.29 is 19.1 Å². The lowest BCUT2D eigenvalue weighted by molar-refractivity contribution is -0.153. The van der Waals surface area contributed by atoms with Gasteiger partial charge in [-0.15, -0.1) is 0 Å². The molecular formula is C21H22N2O4. The van der Waals surface area contributed by atoms with Gasteiger partial charge in [0.2, 0.25) is 0 Å². The summed E-state index contributed by atoms with van der Waals surface area (Å²) in [4.78, 5) is 23.9. The first kappa shape index (κ1) is 20.0. The van der Waals surface area contributed by atoms with Gasteiger partial charge >= 0.3 is 5.97 Å². The highest BCUT2D eigenvalue weighted by Crippen LogP contribution is 2.12. The van der Waals surface area contributed by atoms with Gasteiger partial charge in [-0.05, 0) is 56.7 Å². The van der Waals surface area contributed by atoms with E-state index in [1.807, 2.05) is 37.3 Å². The smallest absolute Gasteiger partial charge is 0.306 e. The maximum Gasteiger partial charge on any atom is 0.306 e. The number of esters is 1. The lowest BCUT2D eigenvalue weighted by atomic mass is 10.2. The molecule has 0 aliphatic rings. The minimum atomic E-state index is -0.911. The van der Waals surface area contributed by atoms with Crippen LogP contribution in [0.1, 0.15) is 30.9 Å². The Morgan fingerprint density at radius 1 is 1.11 bits per heavy atom. The van der Waals surface area contributed by atoms with E-state index in [-0.39, 0.29) is 6.42 Å². The lowest BCUT2D eigenvalue weighted by Gasteiger charge is -2.13. The molecule has 2 rings (SSSR count). The number of hydrogen-bond donors (Lipinski definition) is 1. The predicted molar refractivity (Wildman–Crippen MR) is 101 cm³/mol. The molecule has 6 heteroatoms. The van der Waals surface area contributed by atoms with Crippen LogP contribution in [0.3, 0.4) is 0 Å². The van der Waals surface area contributed by atoms with Crippen molar-refractivity contribution in [3.8, 4) is 11.8 Å². The summed E-state index contributed by atoms with van der Waals surface area (Å²) in [6.07, 6.45) is -0.247. The van der Waals surface area contributed by atoms with E-state index in [1.165, 1.54) is 6.92 Å². The molecular weight excluding hydrogens is 344 g/mol. The summed E-state index contributed by atoms with van der Waals surface area (Å²) >= 11 is 0. The number of hydrogen-bond acceptors (Lipinski definition) is 5. The van der Waals surface area contributed by atoms with Gasteiger partial charge in [0.05, 0.1) is 18.2 Å². The van der Waals surface area contributed by atoms with Crippen molar-refractivity contribution in [2.45, 2.75) is 32.8 Å². The minimum Gasteiger partial charge on any atom is -0.494 e. The van der Waals surface area contributed by atoms with Crippen LogP contribution < -0.4 is 10.1 Å². The predicted octanol–water partition coefficient (Wildman–Crippen LogP) is 3.60. The van der Waals surface area contributed by atoms with Gasteiger partial charge in [0.15, 0.2) is 6.10 Å². The Morgan fingerprint density at radius 3 is 2.41 bits per heavy atom. The molecule has 2 aromatic rings. The van der Waals surface area contributed by atoms with Crippen molar-refractivity contribution in [1.82, 2.24) is 0 Å². The van der Waals surface area contributed by atoms with Gasteiger partial charge in [0.1, 0.15) is 5.75 Å². The number of rotatable bonds is 8. The van der Waals surface area contributed by atoms with Crippen molar-refractivity contribution in [2.75, 3.05) is 11.9 Å². The Labute approximate surface area is 158 Å². The average Bonchev–Trinajstić information content (AvgIpc) is 2.67. The second kappa shape index (κ2) is 9.97. The molecule has 27 heavy (non-hydrogen) atoms. The first-order valence-corrected chi connectivity index (χ1v) is 8.68. The van der Waals surface area contributed by atoms with E-state index in [4.69, 9.17) is 14.7 Å². The largest absolute Gasteiger partial charge is 0.494 e. The second-order valence-electron chi connectivity index (χ2n) is 6.08. The van der Waals surface area contributed by atoms with Crippen molar-refractivity contribution in [2.24, 2.45) is 0 Å². The van der Waals surface area contributed by atoms with Crippen LogP contribution in [-0.2, 0) is 14.3 Å². The monoisotopic (exact) mass is 366 g/mol. The molecule has 0 fully saturated rings. The minimum absolute atomic E-state index is 0.167. The maximum absolute atomic E-state index is 12.1.